The molecule has 1 aromatic rings. The van der Waals surface area contributed by atoms with Crippen molar-refractivity contribution in [3.8, 4) is 0 Å². The van der Waals surface area contributed by atoms with Crippen LogP contribution in [0.1, 0.15) is 29.5 Å². The summed E-state index contributed by atoms with van der Waals surface area (Å²) in [6, 6.07) is 6.11. The largest absolute Gasteiger partial charge is 0.315 e. The van der Waals surface area contributed by atoms with Crippen molar-refractivity contribution >= 4 is 11.3 Å². The minimum absolute atomic E-state index is 0.698. The topological polar surface area (TPSA) is 18.5 Å². The number of hydrogen-bond acceptors (Lipinski definition) is 4. The fourth-order valence-electron chi connectivity index (χ4n) is 3.44. The second-order valence-corrected chi connectivity index (χ2v) is 7.22. The minimum Gasteiger partial charge on any atom is -0.315 e. The van der Waals surface area contributed by atoms with Crippen LogP contribution in [0.15, 0.2) is 12.1 Å². The van der Waals surface area contributed by atoms with E-state index in [0.717, 1.165) is 19.1 Å². The maximum atomic E-state index is 3.23. The van der Waals surface area contributed by atoms with Crippen molar-refractivity contribution in [3.05, 3.63) is 21.9 Å². The summed E-state index contributed by atoms with van der Waals surface area (Å²) in [6.45, 7) is 8.38. The lowest BCUT2D eigenvalue weighted by atomic mass is 10.1. The van der Waals surface area contributed by atoms with Gasteiger partial charge in [-0.05, 0) is 45.5 Å². The van der Waals surface area contributed by atoms with Gasteiger partial charge in [-0.2, -0.15) is 0 Å². The van der Waals surface area contributed by atoms with Crippen molar-refractivity contribution in [3.63, 3.8) is 0 Å². The van der Waals surface area contributed by atoms with Crippen LogP contribution in [0.4, 0.5) is 0 Å². The third-order valence-electron chi connectivity index (χ3n) is 4.49. The normalized spacial score (nSPS) is 28.7. The standard InChI is InChI=1S/C15H25N3S/c1-12-9-17-7-3-4-13(17)10-18(12)11-15-6-5-14(19-15)8-16-2/h5-6,12-13,16H,3-4,7-11H2,1-2H3. The van der Waals surface area contributed by atoms with Crippen LogP contribution in [0.5, 0.6) is 0 Å². The third-order valence-corrected chi connectivity index (χ3v) is 5.56. The van der Waals surface area contributed by atoms with Crippen LogP contribution in [0.2, 0.25) is 0 Å². The molecule has 0 bridgehead atoms. The summed E-state index contributed by atoms with van der Waals surface area (Å²) < 4.78 is 0. The highest BCUT2D eigenvalue weighted by molar-refractivity contribution is 7.11. The lowest BCUT2D eigenvalue weighted by Crippen LogP contribution is -2.54. The van der Waals surface area contributed by atoms with Gasteiger partial charge in [-0.1, -0.05) is 0 Å². The molecule has 0 radical (unpaired) electrons. The predicted molar refractivity (Wildman–Crippen MR) is 81.5 cm³/mol. The highest BCUT2D eigenvalue weighted by atomic mass is 32.1. The van der Waals surface area contributed by atoms with E-state index in [1.165, 1.54) is 42.2 Å². The van der Waals surface area contributed by atoms with Crippen LogP contribution in [0.25, 0.3) is 0 Å². The van der Waals surface area contributed by atoms with Gasteiger partial charge in [-0.15, -0.1) is 11.3 Å². The molecule has 2 fully saturated rings. The van der Waals surface area contributed by atoms with Gasteiger partial charge in [0.15, 0.2) is 0 Å². The monoisotopic (exact) mass is 279 g/mol. The van der Waals surface area contributed by atoms with Crippen molar-refractivity contribution in [2.24, 2.45) is 0 Å². The van der Waals surface area contributed by atoms with Gasteiger partial charge in [0.05, 0.1) is 0 Å². The zero-order valence-corrected chi connectivity index (χ0v) is 12.9. The lowest BCUT2D eigenvalue weighted by molar-refractivity contribution is 0.0547. The molecule has 19 heavy (non-hydrogen) atoms. The van der Waals surface area contributed by atoms with E-state index in [1.807, 2.05) is 18.4 Å². The van der Waals surface area contributed by atoms with Crippen LogP contribution >= 0.6 is 11.3 Å². The van der Waals surface area contributed by atoms with Gasteiger partial charge in [0.2, 0.25) is 0 Å². The molecule has 2 aliphatic heterocycles. The average Bonchev–Trinajstić information content (AvgIpc) is 2.99. The number of nitrogens with zero attached hydrogens (tertiary/aromatic N) is 2. The first-order valence-electron chi connectivity index (χ1n) is 7.46. The van der Waals surface area contributed by atoms with E-state index in [0.29, 0.717) is 6.04 Å². The molecule has 0 amide bonds. The Hall–Kier alpha value is -0.420. The number of thiophene rings is 1. The first-order chi connectivity index (χ1) is 9.26. The SMILES string of the molecule is CNCc1ccc(CN2CC3CCCN3CC2C)s1. The Bertz CT molecular complexity index is 417. The van der Waals surface area contributed by atoms with E-state index < -0.39 is 0 Å². The molecule has 4 heteroatoms. The Balaban J connectivity index is 1.61. The number of nitrogens with one attached hydrogen (secondary N) is 1. The maximum Gasteiger partial charge on any atom is 0.0332 e. The second kappa shape index (κ2) is 5.92. The molecule has 1 aromatic heterocycles. The van der Waals surface area contributed by atoms with Crippen LogP contribution in [-0.2, 0) is 13.1 Å². The quantitative estimate of drug-likeness (QED) is 0.911. The van der Waals surface area contributed by atoms with Gasteiger partial charge >= 0.3 is 0 Å². The molecule has 106 valence electrons. The molecule has 0 aromatic carbocycles. The first-order valence-corrected chi connectivity index (χ1v) is 8.28. The molecule has 3 nitrogen and oxygen atoms in total. The fraction of sp³-hybridized carbons (Fsp3) is 0.733. The third kappa shape index (κ3) is 3.02. The summed E-state index contributed by atoms with van der Waals surface area (Å²) in [5.41, 5.74) is 0. The van der Waals surface area contributed by atoms with Gasteiger partial charge in [0.25, 0.3) is 0 Å². The number of rotatable bonds is 4. The highest BCUT2D eigenvalue weighted by Gasteiger charge is 2.34. The van der Waals surface area contributed by atoms with Gasteiger partial charge in [-0.25, -0.2) is 0 Å². The Kier molecular flexibility index (Phi) is 4.22. The molecule has 2 unspecified atom stereocenters. The summed E-state index contributed by atoms with van der Waals surface area (Å²) in [5, 5.41) is 3.23. The van der Waals surface area contributed by atoms with Crippen LogP contribution < -0.4 is 5.32 Å². The Morgan fingerprint density at radius 3 is 3.00 bits per heavy atom. The van der Waals surface area contributed by atoms with E-state index in [-0.39, 0.29) is 0 Å². The Morgan fingerprint density at radius 2 is 2.16 bits per heavy atom. The molecule has 3 heterocycles. The molecule has 2 saturated heterocycles. The van der Waals surface area contributed by atoms with E-state index >= 15 is 0 Å². The van der Waals surface area contributed by atoms with Crippen LogP contribution in [0, 0.1) is 0 Å². The van der Waals surface area contributed by atoms with E-state index in [2.05, 4.69) is 34.2 Å². The van der Waals surface area contributed by atoms with Crippen molar-refractivity contribution in [1.82, 2.24) is 15.1 Å². The van der Waals surface area contributed by atoms with Crippen LogP contribution in [0.3, 0.4) is 0 Å². The highest BCUT2D eigenvalue weighted by Crippen LogP contribution is 2.27. The molecule has 1 N–H and O–H groups in total. The molecule has 2 atom stereocenters. The van der Waals surface area contributed by atoms with Gasteiger partial charge in [0, 0.05) is 48.0 Å². The molecule has 3 rings (SSSR count). The summed E-state index contributed by atoms with van der Waals surface area (Å²) in [4.78, 5) is 8.34. The van der Waals surface area contributed by atoms with E-state index in [1.54, 1.807) is 0 Å². The van der Waals surface area contributed by atoms with E-state index in [4.69, 9.17) is 0 Å². The Morgan fingerprint density at radius 1 is 1.32 bits per heavy atom. The minimum atomic E-state index is 0.698. The molecule has 0 spiro atoms. The summed E-state index contributed by atoms with van der Waals surface area (Å²) in [6.07, 6.45) is 2.80. The zero-order valence-electron chi connectivity index (χ0n) is 12.1. The zero-order chi connectivity index (χ0) is 13.2. The van der Waals surface area contributed by atoms with Crippen LogP contribution in [-0.4, -0.2) is 48.6 Å². The summed E-state index contributed by atoms with van der Waals surface area (Å²) in [5.74, 6) is 0. The Labute approximate surface area is 120 Å². The molecule has 0 saturated carbocycles. The van der Waals surface area contributed by atoms with Crippen molar-refractivity contribution < 1.29 is 0 Å². The molecular formula is C15H25N3S. The van der Waals surface area contributed by atoms with Crippen molar-refractivity contribution in [2.45, 2.75) is 44.9 Å². The smallest absolute Gasteiger partial charge is 0.0332 e. The fourth-order valence-corrected chi connectivity index (χ4v) is 4.50. The lowest BCUT2D eigenvalue weighted by Gasteiger charge is -2.42. The maximum absolute atomic E-state index is 3.23. The van der Waals surface area contributed by atoms with Gasteiger partial charge < -0.3 is 5.32 Å². The van der Waals surface area contributed by atoms with Gasteiger partial charge in [0.1, 0.15) is 0 Å². The van der Waals surface area contributed by atoms with Crippen molar-refractivity contribution in [1.29, 1.82) is 0 Å². The molecular weight excluding hydrogens is 254 g/mol. The summed E-state index contributed by atoms with van der Waals surface area (Å²) in [7, 11) is 2.01. The summed E-state index contributed by atoms with van der Waals surface area (Å²) >= 11 is 1.96. The second-order valence-electron chi connectivity index (χ2n) is 5.97. The molecule has 2 aliphatic rings. The number of fused-ring (bicyclic) bond motifs is 1. The average molecular weight is 279 g/mol. The first kappa shape index (κ1) is 13.6. The predicted octanol–water partition coefficient (Wildman–Crippen LogP) is 2.14. The van der Waals surface area contributed by atoms with Crippen molar-refractivity contribution in [2.75, 3.05) is 26.7 Å². The number of hydrogen-bond donors (Lipinski definition) is 1. The van der Waals surface area contributed by atoms with Gasteiger partial charge in [-0.3, -0.25) is 9.80 Å². The molecule has 0 aliphatic carbocycles. The number of piperazine rings is 1. The van der Waals surface area contributed by atoms with E-state index in [9.17, 15) is 0 Å².